The maximum atomic E-state index is 12.4. The summed E-state index contributed by atoms with van der Waals surface area (Å²) < 4.78 is 38.8. The summed E-state index contributed by atoms with van der Waals surface area (Å²) in [7, 11) is 0. The lowest BCUT2D eigenvalue weighted by Crippen LogP contribution is -2.33. The van der Waals surface area contributed by atoms with Gasteiger partial charge >= 0.3 is 6.18 Å². The van der Waals surface area contributed by atoms with Crippen LogP contribution >= 0.6 is 0 Å². The molecule has 1 aromatic carbocycles. The average Bonchev–Trinajstić information content (AvgIpc) is 3.26. The Morgan fingerprint density at radius 1 is 1.34 bits per heavy atom. The molecule has 0 saturated heterocycles. The molecule has 0 fully saturated rings. The fourth-order valence-corrected chi connectivity index (χ4v) is 2.94. The van der Waals surface area contributed by atoms with Crippen LogP contribution in [0.4, 0.5) is 18.9 Å². The van der Waals surface area contributed by atoms with Gasteiger partial charge in [0.1, 0.15) is 12.2 Å². The normalized spacial score (nSPS) is 12.5. The minimum Gasteiger partial charge on any atom is -0.494 e. The van der Waals surface area contributed by atoms with Crippen LogP contribution in [0, 0.1) is 0 Å². The van der Waals surface area contributed by atoms with Crippen LogP contribution in [0.5, 0.6) is 5.88 Å². The number of amides is 1. The maximum absolute atomic E-state index is 12.4. The van der Waals surface area contributed by atoms with Gasteiger partial charge in [-0.15, -0.1) is 0 Å². The summed E-state index contributed by atoms with van der Waals surface area (Å²) in [5, 5.41) is 16.9. The predicted molar refractivity (Wildman–Crippen MR) is 103 cm³/mol. The van der Waals surface area contributed by atoms with E-state index in [1.54, 1.807) is 17.1 Å². The number of aryl methyl sites for hydroxylation is 1. The van der Waals surface area contributed by atoms with Crippen molar-refractivity contribution >= 4 is 28.2 Å². The molecule has 1 amide bonds. The Balaban J connectivity index is 2.00. The lowest BCUT2D eigenvalue weighted by Gasteiger charge is -2.09. The Hall–Kier alpha value is -3.30. The van der Waals surface area contributed by atoms with E-state index in [0.29, 0.717) is 40.8 Å². The van der Waals surface area contributed by atoms with Crippen molar-refractivity contribution in [1.82, 2.24) is 20.1 Å². The first-order valence-corrected chi connectivity index (χ1v) is 9.01. The minimum atomic E-state index is -4.50. The number of aromatic hydroxyl groups is 1. The molecule has 3 N–H and O–H groups in total. The van der Waals surface area contributed by atoms with Crippen LogP contribution in [0.1, 0.15) is 36.2 Å². The van der Waals surface area contributed by atoms with Crippen LogP contribution in [0.15, 0.2) is 35.6 Å². The molecule has 0 bridgehead atoms. The largest absolute Gasteiger partial charge is 0.494 e. The lowest BCUT2D eigenvalue weighted by molar-refractivity contribution is -0.123. The summed E-state index contributed by atoms with van der Waals surface area (Å²) in [5.74, 6) is -0.980. The Bertz CT molecular complexity index is 1070. The van der Waals surface area contributed by atoms with Gasteiger partial charge < -0.3 is 15.4 Å². The molecule has 2 heterocycles. The summed E-state index contributed by atoms with van der Waals surface area (Å²) >= 11 is 0. The van der Waals surface area contributed by atoms with E-state index >= 15 is 0 Å². The summed E-state index contributed by atoms with van der Waals surface area (Å²) in [5.41, 5.74) is 2.15. The van der Waals surface area contributed by atoms with E-state index in [0.717, 1.165) is 0 Å². The van der Waals surface area contributed by atoms with Crippen molar-refractivity contribution in [1.29, 1.82) is 0 Å². The molecule has 3 aromatic rings. The van der Waals surface area contributed by atoms with Crippen molar-refractivity contribution in [2.75, 3.05) is 6.54 Å². The van der Waals surface area contributed by atoms with Gasteiger partial charge in [0.25, 0.3) is 5.91 Å². The fraction of sp³-hybridized carbons (Fsp3) is 0.316. The molecule has 0 radical (unpaired) electrons. The first-order valence-electron chi connectivity index (χ1n) is 9.01. The fourth-order valence-electron chi connectivity index (χ4n) is 2.94. The van der Waals surface area contributed by atoms with E-state index in [-0.39, 0.29) is 11.4 Å². The number of hydrogen-bond acceptors (Lipinski definition) is 4. The Labute approximate surface area is 164 Å². The highest BCUT2D eigenvalue weighted by atomic mass is 19.4. The smallest absolute Gasteiger partial charge is 0.405 e. The van der Waals surface area contributed by atoms with Crippen LogP contribution < -0.4 is 5.32 Å². The molecule has 0 saturated carbocycles. The number of fused-ring (bicyclic) bond motifs is 1. The Kier molecular flexibility index (Phi) is 5.62. The van der Waals surface area contributed by atoms with Crippen LogP contribution in [0.3, 0.4) is 0 Å². The second kappa shape index (κ2) is 7.98. The van der Waals surface area contributed by atoms with E-state index in [1.165, 1.54) is 18.2 Å². The van der Waals surface area contributed by atoms with E-state index in [1.807, 2.05) is 19.2 Å². The number of H-pyrrole nitrogens is 1. The molecule has 0 atom stereocenters. The first-order chi connectivity index (χ1) is 13.7. The number of nitrogens with one attached hydrogen (secondary N) is 2. The Morgan fingerprint density at radius 2 is 2.10 bits per heavy atom. The molecule has 0 spiro atoms. The quantitative estimate of drug-likeness (QED) is 0.541. The van der Waals surface area contributed by atoms with Gasteiger partial charge in [0.15, 0.2) is 5.88 Å². The van der Waals surface area contributed by atoms with Gasteiger partial charge in [0.2, 0.25) is 0 Å². The number of carbonyl (C=O) groups is 1. The molecule has 7 nitrogen and oxygen atoms in total. The van der Waals surface area contributed by atoms with E-state index in [4.69, 9.17) is 0 Å². The third kappa shape index (κ3) is 4.58. The molecule has 10 heteroatoms. The topological polar surface area (TPSA) is 95.3 Å². The van der Waals surface area contributed by atoms with Gasteiger partial charge in [-0.2, -0.15) is 18.3 Å². The molecule has 29 heavy (non-hydrogen) atoms. The predicted octanol–water partition coefficient (Wildman–Crippen LogP) is 3.91. The third-order valence-corrected chi connectivity index (χ3v) is 4.32. The van der Waals surface area contributed by atoms with E-state index in [9.17, 15) is 23.1 Å². The molecule has 2 aromatic heterocycles. The van der Waals surface area contributed by atoms with Crippen molar-refractivity contribution in [3.8, 4) is 5.88 Å². The molecule has 0 aliphatic rings. The van der Waals surface area contributed by atoms with Gasteiger partial charge in [0.05, 0.1) is 23.7 Å². The van der Waals surface area contributed by atoms with Crippen molar-refractivity contribution < 1.29 is 23.1 Å². The zero-order valence-electron chi connectivity index (χ0n) is 15.8. The van der Waals surface area contributed by atoms with Crippen molar-refractivity contribution in [2.45, 2.75) is 33.0 Å². The zero-order valence-corrected chi connectivity index (χ0v) is 15.8. The molecule has 154 valence electrons. The summed E-state index contributed by atoms with van der Waals surface area (Å²) in [4.78, 5) is 19.4. The van der Waals surface area contributed by atoms with Crippen LogP contribution in [-0.4, -0.2) is 44.2 Å². The van der Waals surface area contributed by atoms with Gasteiger partial charge in [-0.1, -0.05) is 6.92 Å². The number of halogens is 3. The minimum absolute atomic E-state index is 0.0521. The van der Waals surface area contributed by atoms with Crippen LogP contribution in [0.25, 0.3) is 10.9 Å². The van der Waals surface area contributed by atoms with Crippen molar-refractivity contribution in [3.05, 3.63) is 41.7 Å². The number of nitrogens with zero attached hydrogens (tertiary/aromatic N) is 3. The number of aliphatic imine (C=N–C) groups is 1. The number of aromatic amines is 1. The molecule has 0 aliphatic heterocycles. The second-order valence-electron chi connectivity index (χ2n) is 6.37. The van der Waals surface area contributed by atoms with Crippen LogP contribution in [-0.2, 0) is 6.54 Å². The van der Waals surface area contributed by atoms with Gasteiger partial charge in [0, 0.05) is 23.0 Å². The summed E-state index contributed by atoms with van der Waals surface area (Å²) in [6.45, 7) is 3.07. The number of hydrogen-bond donors (Lipinski definition) is 3. The number of alkyl halides is 3. The zero-order chi connectivity index (χ0) is 21.2. The van der Waals surface area contributed by atoms with Gasteiger partial charge in [-0.3, -0.25) is 9.48 Å². The molecule has 0 unspecified atom stereocenters. The third-order valence-electron chi connectivity index (χ3n) is 4.32. The number of carbonyl (C=O) groups excluding carboxylic acids is 1. The first kappa shape index (κ1) is 20.4. The standard InChI is InChI=1S/C19H20F3N5O2/c1-3-14(25-12-8-24-27(4-2)9-12)16-13-7-11(5-6-15(13)26-18(16)29)17(28)23-10-19(20,21)22/h5-9,26,29H,3-4,10H2,1-2H3,(H,23,28). The number of benzene rings is 1. The molecule has 3 rings (SSSR count). The summed E-state index contributed by atoms with van der Waals surface area (Å²) in [6, 6.07) is 4.36. The van der Waals surface area contributed by atoms with Gasteiger partial charge in [-0.05, 0) is 31.5 Å². The number of rotatable bonds is 6. The monoisotopic (exact) mass is 407 g/mol. The lowest BCUT2D eigenvalue weighted by atomic mass is 10.0. The van der Waals surface area contributed by atoms with E-state index < -0.39 is 18.6 Å². The molecule has 0 aliphatic carbocycles. The maximum Gasteiger partial charge on any atom is 0.405 e. The highest BCUT2D eigenvalue weighted by Gasteiger charge is 2.28. The summed E-state index contributed by atoms with van der Waals surface area (Å²) in [6.07, 6.45) is -0.664. The molecular weight excluding hydrogens is 387 g/mol. The van der Waals surface area contributed by atoms with E-state index in [2.05, 4.69) is 15.1 Å². The highest BCUT2D eigenvalue weighted by molar-refractivity contribution is 6.14. The second-order valence-corrected chi connectivity index (χ2v) is 6.37. The van der Waals surface area contributed by atoms with Crippen molar-refractivity contribution in [2.24, 2.45) is 4.99 Å². The number of aromatic nitrogens is 3. The average molecular weight is 407 g/mol. The van der Waals surface area contributed by atoms with Crippen molar-refractivity contribution in [3.63, 3.8) is 0 Å². The van der Waals surface area contributed by atoms with Gasteiger partial charge in [-0.25, -0.2) is 4.99 Å². The van der Waals surface area contributed by atoms with Crippen LogP contribution in [0.2, 0.25) is 0 Å². The SMILES string of the molecule is CCC(=Nc1cnn(CC)c1)c1c(O)[nH]c2ccc(C(=O)NCC(F)(F)F)cc12. The highest BCUT2D eigenvalue weighted by Crippen LogP contribution is 2.31. The Morgan fingerprint density at radius 3 is 2.72 bits per heavy atom. The molecular formula is C19H20F3N5O2.